The van der Waals surface area contributed by atoms with Gasteiger partial charge in [0.2, 0.25) is 5.95 Å². The molecule has 0 radical (unpaired) electrons. The lowest BCUT2D eigenvalue weighted by Crippen LogP contribution is -2.48. The Hall–Kier alpha value is -2.73. The van der Waals surface area contributed by atoms with Crippen LogP contribution in [0.1, 0.15) is 34.6 Å². The van der Waals surface area contributed by atoms with E-state index in [9.17, 15) is 4.79 Å². The maximum Gasteiger partial charge on any atom is 0.272 e. The van der Waals surface area contributed by atoms with Crippen LogP contribution in [0.25, 0.3) is 6.08 Å². The van der Waals surface area contributed by atoms with Gasteiger partial charge < -0.3 is 9.80 Å². The van der Waals surface area contributed by atoms with Gasteiger partial charge in [-0.25, -0.2) is 9.97 Å². The minimum atomic E-state index is 0.0235. The van der Waals surface area contributed by atoms with E-state index in [0.717, 1.165) is 51.5 Å². The molecule has 0 unspecified atom stereocenters. The summed E-state index contributed by atoms with van der Waals surface area (Å²) < 4.78 is 0. The van der Waals surface area contributed by atoms with E-state index in [2.05, 4.69) is 44.1 Å². The first kappa shape index (κ1) is 19.6. The van der Waals surface area contributed by atoms with Gasteiger partial charge in [0, 0.05) is 51.5 Å². The molecule has 29 heavy (non-hydrogen) atoms. The molecule has 2 aliphatic heterocycles. The highest BCUT2D eigenvalue weighted by Crippen LogP contribution is 2.18. The van der Waals surface area contributed by atoms with Crippen LogP contribution in [0.15, 0.2) is 42.5 Å². The Balaban J connectivity index is 1.32. The van der Waals surface area contributed by atoms with Crippen LogP contribution < -0.4 is 4.90 Å². The molecule has 6 heteroatoms. The van der Waals surface area contributed by atoms with Crippen molar-refractivity contribution >= 4 is 17.9 Å². The summed E-state index contributed by atoms with van der Waals surface area (Å²) in [6, 6.07) is 12.2. The van der Waals surface area contributed by atoms with Crippen molar-refractivity contribution in [2.45, 2.75) is 19.8 Å². The Bertz CT molecular complexity index is 853. The third-order valence-electron chi connectivity index (χ3n) is 5.58. The van der Waals surface area contributed by atoms with Crippen LogP contribution in [0.4, 0.5) is 5.95 Å². The van der Waals surface area contributed by atoms with E-state index in [-0.39, 0.29) is 5.91 Å². The summed E-state index contributed by atoms with van der Waals surface area (Å²) in [5, 5.41) is 0. The molecule has 1 amide bonds. The van der Waals surface area contributed by atoms with Gasteiger partial charge in [0.05, 0.1) is 0 Å². The largest absolute Gasteiger partial charge is 0.341 e. The minimum absolute atomic E-state index is 0.0235. The molecular formula is C23H29N5O. The van der Waals surface area contributed by atoms with Crippen LogP contribution in [0.5, 0.6) is 0 Å². The molecule has 2 fully saturated rings. The predicted octanol–water partition coefficient (Wildman–Crippen LogP) is 2.86. The summed E-state index contributed by atoms with van der Waals surface area (Å²) in [5.41, 5.74) is 2.60. The zero-order valence-electron chi connectivity index (χ0n) is 17.1. The molecule has 1 aromatic carbocycles. The van der Waals surface area contributed by atoms with E-state index in [0.29, 0.717) is 11.6 Å². The summed E-state index contributed by atoms with van der Waals surface area (Å²) in [7, 11) is 0. The summed E-state index contributed by atoms with van der Waals surface area (Å²) in [4.78, 5) is 28.6. The fourth-order valence-corrected chi connectivity index (χ4v) is 3.92. The topological polar surface area (TPSA) is 52.6 Å². The lowest BCUT2D eigenvalue weighted by Gasteiger charge is -2.34. The molecule has 0 saturated carbocycles. The molecule has 0 bridgehead atoms. The van der Waals surface area contributed by atoms with Gasteiger partial charge in [-0.15, -0.1) is 0 Å². The van der Waals surface area contributed by atoms with Gasteiger partial charge in [0.15, 0.2) is 0 Å². The number of aromatic nitrogens is 2. The second kappa shape index (κ2) is 9.18. The van der Waals surface area contributed by atoms with E-state index in [4.69, 9.17) is 0 Å². The maximum absolute atomic E-state index is 13.0. The predicted molar refractivity (Wildman–Crippen MR) is 116 cm³/mol. The van der Waals surface area contributed by atoms with Crippen LogP contribution in [-0.4, -0.2) is 71.5 Å². The molecule has 6 nitrogen and oxygen atoms in total. The standard InChI is InChI=1S/C23H29N5O/c1-19-18-21(25-23(24-19)28-12-5-6-13-28)22(29)27-16-14-26(15-17-27)11-7-10-20-8-3-2-4-9-20/h2-4,7-10,18H,5-6,11-17H2,1H3/b10-7+. The quantitative estimate of drug-likeness (QED) is 0.785. The molecule has 2 aliphatic rings. The van der Waals surface area contributed by atoms with Crippen LogP contribution in [0.3, 0.4) is 0 Å². The van der Waals surface area contributed by atoms with Gasteiger partial charge in [-0.05, 0) is 31.4 Å². The average Bonchev–Trinajstić information content (AvgIpc) is 3.29. The number of piperazine rings is 1. The normalized spacial score (nSPS) is 18.0. The van der Waals surface area contributed by atoms with Crippen molar-refractivity contribution in [2.24, 2.45) is 0 Å². The maximum atomic E-state index is 13.0. The Morgan fingerprint density at radius 2 is 1.72 bits per heavy atom. The number of amides is 1. The van der Waals surface area contributed by atoms with Crippen molar-refractivity contribution < 1.29 is 4.79 Å². The second-order valence-electron chi connectivity index (χ2n) is 7.79. The van der Waals surface area contributed by atoms with Crippen molar-refractivity contribution in [3.8, 4) is 0 Å². The Morgan fingerprint density at radius 3 is 2.45 bits per heavy atom. The zero-order valence-corrected chi connectivity index (χ0v) is 17.1. The smallest absolute Gasteiger partial charge is 0.272 e. The SMILES string of the molecule is Cc1cc(C(=O)N2CCN(C/C=C/c3ccccc3)CC2)nc(N2CCCC2)n1. The number of hydrogen-bond acceptors (Lipinski definition) is 5. The van der Waals surface area contributed by atoms with E-state index in [1.54, 1.807) is 0 Å². The lowest BCUT2D eigenvalue weighted by molar-refractivity contribution is 0.0644. The number of aryl methyl sites for hydroxylation is 1. The Kier molecular flexibility index (Phi) is 6.20. The second-order valence-corrected chi connectivity index (χ2v) is 7.79. The van der Waals surface area contributed by atoms with E-state index >= 15 is 0 Å². The lowest BCUT2D eigenvalue weighted by atomic mass is 10.2. The molecule has 0 aliphatic carbocycles. The third kappa shape index (κ3) is 5.01. The van der Waals surface area contributed by atoms with Crippen LogP contribution in [0.2, 0.25) is 0 Å². The first-order valence-corrected chi connectivity index (χ1v) is 10.5. The first-order chi connectivity index (χ1) is 14.2. The van der Waals surface area contributed by atoms with Gasteiger partial charge in [-0.1, -0.05) is 42.5 Å². The molecule has 2 aromatic rings. The summed E-state index contributed by atoms with van der Waals surface area (Å²) in [5.74, 6) is 0.728. The average molecular weight is 392 g/mol. The number of carbonyl (C=O) groups excluding carboxylic acids is 1. The van der Waals surface area contributed by atoms with Crippen LogP contribution in [-0.2, 0) is 0 Å². The van der Waals surface area contributed by atoms with E-state index in [1.807, 2.05) is 36.1 Å². The molecule has 3 heterocycles. The molecular weight excluding hydrogens is 362 g/mol. The van der Waals surface area contributed by atoms with Crippen molar-refractivity contribution in [1.29, 1.82) is 0 Å². The highest BCUT2D eigenvalue weighted by Gasteiger charge is 2.24. The monoisotopic (exact) mass is 391 g/mol. The minimum Gasteiger partial charge on any atom is -0.341 e. The van der Waals surface area contributed by atoms with E-state index < -0.39 is 0 Å². The van der Waals surface area contributed by atoms with E-state index in [1.165, 1.54) is 18.4 Å². The van der Waals surface area contributed by atoms with Gasteiger partial charge >= 0.3 is 0 Å². The number of hydrogen-bond donors (Lipinski definition) is 0. The fraction of sp³-hybridized carbons (Fsp3) is 0.435. The molecule has 0 spiro atoms. The highest BCUT2D eigenvalue weighted by molar-refractivity contribution is 5.92. The van der Waals surface area contributed by atoms with Crippen molar-refractivity contribution in [3.05, 3.63) is 59.4 Å². The molecule has 2 saturated heterocycles. The number of anilines is 1. The van der Waals surface area contributed by atoms with Gasteiger partial charge in [0.25, 0.3) is 5.91 Å². The van der Waals surface area contributed by atoms with Crippen molar-refractivity contribution in [3.63, 3.8) is 0 Å². The van der Waals surface area contributed by atoms with Crippen LogP contribution in [0, 0.1) is 6.92 Å². The molecule has 4 rings (SSSR count). The summed E-state index contributed by atoms with van der Waals surface area (Å²) in [6.45, 7) is 8.04. The number of benzene rings is 1. The van der Waals surface area contributed by atoms with Gasteiger partial charge in [-0.3, -0.25) is 9.69 Å². The number of rotatable bonds is 5. The Labute approximate surface area is 172 Å². The van der Waals surface area contributed by atoms with Gasteiger partial charge in [-0.2, -0.15) is 0 Å². The first-order valence-electron chi connectivity index (χ1n) is 10.5. The summed E-state index contributed by atoms with van der Waals surface area (Å²) in [6.07, 6.45) is 6.69. The molecule has 0 atom stereocenters. The molecule has 152 valence electrons. The fourth-order valence-electron chi connectivity index (χ4n) is 3.92. The van der Waals surface area contributed by atoms with Gasteiger partial charge in [0.1, 0.15) is 5.69 Å². The highest BCUT2D eigenvalue weighted by atomic mass is 16.2. The number of nitrogens with zero attached hydrogens (tertiary/aromatic N) is 5. The third-order valence-corrected chi connectivity index (χ3v) is 5.58. The zero-order chi connectivity index (χ0) is 20.1. The van der Waals surface area contributed by atoms with Crippen LogP contribution >= 0.6 is 0 Å². The Morgan fingerprint density at radius 1 is 1.00 bits per heavy atom. The molecule has 1 aromatic heterocycles. The molecule has 0 N–H and O–H groups in total. The number of carbonyl (C=O) groups is 1. The summed E-state index contributed by atoms with van der Waals surface area (Å²) >= 11 is 0. The van der Waals surface area contributed by atoms with Crippen molar-refractivity contribution in [1.82, 2.24) is 19.8 Å². The van der Waals surface area contributed by atoms with Crippen molar-refractivity contribution in [2.75, 3.05) is 50.7 Å².